The molecule has 2 amide bonds. The van der Waals surface area contributed by atoms with Crippen LogP contribution in [0.25, 0.3) is 0 Å². The summed E-state index contributed by atoms with van der Waals surface area (Å²) in [6.07, 6.45) is 5.13. The number of nitrogens with one attached hydrogen (secondary N) is 1. The molecule has 136 valence electrons. The number of carbonyl (C=O) groups is 2. The van der Waals surface area contributed by atoms with Crippen LogP contribution in [-0.4, -0.2) is 23.3 Å². The highest BCUT2D eigenvalue weighted by molar-refractivity contribution is 7.10. The number of amides is 2. The third-order valence-electron chi connectivity index (χ3n) is 5.61. The first-order valence-electron chi connectivity index (χ1n) is 9.38. The van der Waals surface area contributed by atoms with Crippen molar-refractivity contribution >= 4 is 28.8 Å². The molecule has 1 aromatic carbocycles. The molecule has 2 aromatic rings. The minimum absolute atomic E-state index is 0.0729. The van der Waals surface area contributed by atoms with Crippen molar-refractivity contribution in [3.63, 3.8) is 0 Å². The number of para-hydroxylation sites is 1. The first-order valence-corrected chi connectivity index (χ1v) is 10.3. The summed E-state index contributed by atoms with van der Waals surface area (Å²) in [5.74, 6) is 0.310. The van der Waals surface area contributed by atoms with E-state index >= 15 is 0 Å². The van der Waals surface area contributed by atoms with Crippen LogP contribution in [0.1, 0.15) is 54.7 Å². The minimum atomic E-state index is -0.123. The number of nitrogens with zero attached hydrogens (tertiary/aromatic N) is 1. The maximum Gasteiger partial charge on any atom is 0.227 e. The van der Waals surface area contributed by atoms with E-state index in [0.29, 0.717) is 0 Å². The van der Waals surface area contributed by atoms with Crippen molar-refractivity contribution in [1.29, 1.82) is 0 Å². The lowest BCUT2D eigenvalue weighted by Gasteiger charge is -2.36. The highest BCUT2D eigenvalue weighted by Crippen LogP contribution is 2.40. The fourth-order valence-corrected chi connectivity index (χ4v) is 5.17. The van der Waals surface area contributed by atoms with E-state index < -0.39 is 0 Å². The zero-order valence-electron chi connectivity index (χ0n) is 15.0. The van der Waals surface area contributed by atoms with Crippen LogP contribution in [0.4, 0.5) is 5.69 Å². The number of hydrogen-bond donors (Lipinski definition) is 1. The maximum atomic E-state index is 12.7. The molecule has 1 aliphatic heterocycles. The lowest BCUT2D eigenvalue weighted by Crippen LogP contribution is -2.39. The molecule has 0 bridgehead atoms. The van der Waals surface area contributed by atoms with E-state index in [1.807, 2.05) is 29.2 Å². The Bertz CT molecular complexity index is 823. The van der Waals surface area contributed by atoms with Gasteiger partial charge in [0.1, 0.15) is 0 Å². The summed E-state index contributed by atoms with van der Waals surface area (Å²) in [5, 5.41) is 5.26. The van der Waals surface area contributed by atoms with Gasteiger partial charge in [0.25, 0.3) is 0 Å². The van der Waals surface area contributed by atoms with Crippen LogP contribution >= 0.6 is 11.3 Å². The highest BCUT2D eigenvalue weighted by atomic mass is 32.1. The van der Waals surface area contributed by atoms with Gasteiger partial charge in [-0.05, 0) is 42.3 Å². The van der Waals surface area contributed by atoms with E-state index in [1.54, 1.807) is 18.3 Å². The number of fused-ring (bicyclic) bond motifs is 1. The van der Waals surface area contributed by atoms with Gasteiger partial charge in [-0.15, -0.1) is 11.3 Å². The predicted molar refractivity (Wildman–Crippen MR) is 104 cm³/mol. The van der Waals surface area contributed by atoms with Gasteiger partial charge < -0.3 is 10.2 Å². The van der Waals surface area contributed by atoms with Crippen molar-refractivity contribution in [2.24, 2.45) is 5.92 Å². The molecule has 1 atom stereocenters. The second-order valence-corrected chi connectivity index (χ2v) is 8.22. The van der Waals surface area contributed by atoms with Crippen LogP contribution < -0.4 is 5.32 Å². The molecule has 1 fully saturated rings. The minimum Gasteiger partial charge on any atom is -0.331 e. The molecule has 2 heterocycles. The van der Waals surface area contributed by atoms with Crippen LogP contribution in [0.15, 0.2) is 35.7 Å². The van der Waals surface area contributed by atoms with Gasteiger partial charge in [-0.1, -0.05) is 31.0 Å². The number of rotatable bonds is 3. The van der Waals surface area contributed by atoms with Gasteiger partial charge in [0.2, 0.25) is 11.8 Å². The summed E-state index contributed by atoms with van der Waals surface area (Å²) in [7, 11) is 0. The summed E-state index contributed by atoms with van der Waals surface area (Å²) >= 11 is 1.75. The first-order chi connectivity index (χ1) is 12.6. The maximum absolute atomic E-state index is 12.7. The van der Waals surface area contributed by atoms with Gasteiger partial charge in [-0.25, -0.2) is 0 Å². The van der Waals surface area contributed by atoms with Crippen LogP contribution in [0.3, 0.4) is 0 Å². The second kappa shape index (κ2) is 7.23. The van der Waals surface area contributed by atoms with Gasteiger partial charge in [0.05, 0.1) is 6.04 Å². The SMILES string of the molecule is CC(=O)N1CCc2sccc2[C@H]1c1ccccc1NC(=O)C1CCCC1. The van der Waals surface area contributed by atoms with Gasteiger partial charge in [0.15, 0.2) is 0 Å². The summed E-state index contributed by atoms with van der Waals surface area (Å²) in [6.45, 7) is 2.35. The summed E-state index contributed by atoms with van der Waals surface area (Å²) in [5.41, 5.74) is 3.03. The summed E-state index contributed by atoms with van der Waals surface area (Å²) in [6, 6.07) is 9.93. The largest absolute Gasteiger partial charge is 0.331 e. The molecule has 0 saturated heterocycles. The Balaban J connectivity index is 1.70. The summed E-state index contributed by atoms with van der Waals surface area (Å²) < 4.78 is 0. The van der Waals surface area contributed by atoms with Gasteiger partial charge >= 0.3 is 0 Å². The molecule has 1 N–H and O–H groups in total. The fraction of sp³-hybridized carbons (Fsp3) is 0.429. The standard InChI is InChI=1S/C21H24N2O2S/c1-14(24)23-12-10-19-17(11-13-26-19)20(23)16-8-4-5-9-18(16)22-21(25)15-6-2-3-7-15/h4-5,8-9,11,13,15,20H,2-3,6-7,10,12H2,1H3,(H,22,25)/t20-/m1/s1. The molecule has 5 heteroatoms. The van der Waals surface area contributed by atoms with Crippen LogP contribution in [-0.2, 0) is 16.0 Å². The van der Waals surface area contributed by atoms with Crippen molar-refractivity contribution in [3.8, 4) is 0 Å². The molecule has 0 radical (unpaired) electrons. The molecular weight excluding hydrogens is 344 g/mol. The number of hydrogen-bond acceptors (Lipinski definition) is 3. The molecular formula is C21H24N2O2S. The van der Waals surface area contributed by atoms with Crippen LogP contribution in [0, 0.1) is 5.92 Å². The Morgan fingerprint density at radius 1 is 1.12 bits per heavy atom. The molecule has 4 rings (SSSR count). The molecule has 4 nitrogen and oxygen atoms in total. The lowest BCUT2D eigenvalue weighted by molar-refractivity contribution is -0.130. The number of thiophene rings is 1. The molecule has 2 aliphatic rings. The van der Waals surface area contributed by atoms with E-state index in [9.17, 15) is 9.59 Å². The number of anilines is 1. The third-order valence-corrected chi connectivity index (χ3v) is 6.61. The van der Waals surface area contributed by atoms with Gasteiger partial charge in [-0.2, -0.15) is 0 Å². The molecule has 1 aliphatic carbocycles. The average Bonchev–Trinajstić information content (AvgIpc) is 3.33. The fourth-order valence-electron chi connectivity index (χ4n) is 4.26. The normalized spacial score (nSPS) is 20.0. The Labute approximate surface area is 158 Å². The zero-order valence-corrected chi connectivity index (χ0v) is 15.8. The molecule has 0 unspecified atom stereocenters. The predicted octanol–water partition coefficient (Wildman–Crippen LogP) is 4.37. The van der Waals surface area contributed by atoms with E-state index in [2.05, 4.69) is 16.8 Å². The van der Waals surface area contributed by atoms with Crippen LogP contribution in [0.5, 0.6) is 0 Å². The van der Waals surface area contributed by atoms with E-state index in [1.165, 1.54) is 10.4 Å². The first kappa shape index (κ1) is 17.3. The second-order valence-electron chi connectivity index (χ2n) is 7.22. The number of benzene rings is 1. The average molecular weight is 369 g/mol. The van der Waals surface area contributed by atoms with Crippen molar-refractivity contribution in [2.75, 3.05) is 11.9 Å². The Kier molecular flexibility index (Phi) is 4.81. The van der Waals surface area contributed by atoms with Gasteiger partial charge in [0, 0.05) is 35.5 Å². The van der Waals surface area contributed by atoms with Crippen molar-refractivity contribution in [2.45, 2.75) is 45.1 Å². The Morgan fingerprint density at radius 2 is 1.88 bits per heavy atom. The van der Waals surface area contributed by atoms with Gasteiger partial charge in [-0.3, -0.25) is 9.59 Å². The molecule has 0 spiro atoms. The van der Waals surface area contributed by atoms with Crippen molar-refractivity contribution in [3.05, 3.63) is 51.7 Å². The topological polar surface area (TPSA) is 49.4 Å². The van der Waals surface area contributed by atoms with E-state index in [-0.39, 0.29) is 23.8 Å². The molecule has 1 aromatic heterocycles. The van der Waals surface area contributed by atoms with E-state index in [0.717, 1.165) is 49.9 Å². The number of carbonyl (C=O) groups excluding carboxylic acids is 2. The Hall–Kier alpha value is -2.14. The Morgan fingerprint density at radius 3 is 2.65 bits per heavy atom. The zero-order chi connectivity index (χ0) is 18.1. The van der Waals surface area contributed by atoms with Crippen molar-refractivity contribution in [1.82, 2.24) is 4.90 Å². The third kappa shape index (κ3) is 3.16. The van der Waals surface area contributed by atoms with Crippen molar-refractivity contribution < 1.29 is 9.59 Å². The highest BCUT2D eigenvalue weighted by Gasteiger charge is 2.33. The van der Waals surface area contributed by atoms with E-state index in [4.69, 9.17) is 0 Å². The molecule has 1 saturated carbocycles. The molecule has 26 heavy (non-hydrogen) atoms. The quantitative estimate of drug-likeness (QED) is 0.874. The smallest absolute Gasteiger partial charge is 0.227 e. The monoisotopic (exact) mass is 368 g/mol. The van der Waals surface area contributed by atoms with Crippen LogP contribution in [0.2, 0.25) is 0 Å². The summed E-state index contributed by atoms with van der Waals surface area (Å²) in [4.78, 5) is 28.2. The lowest BCUT2D eigenvalue weighted by atomic mass is 9.92.